The molecular weight excluding hydrogens is 428 g/mol. The summed E-state index contributed by atoms with van der Waals surface area (Å²) in [5.41, 5.74) is 2.95. The minimum Gasteiger partial charge on any atom is -0.497 e. The third-order valence-electron chi connectivity index (χ3n) is 5.49. The van der Waals surface area contributed by atoms with Crippen molar-refractivity contribution in [3.63, 3.8) is 0 Å². The normalized spacial score (nSPS) is 11.4. The van der Waals surface area contributed by atoms with E-state index in [0.717, 1.165) is 16.7 Å². The maximum absolute atomic E-state index is 13.5. The molecule has 2 amide bonds. The molecule has 0 saturated carbocycles. The first-order chi connectivity index (χ1) is 16.5. The number of methoxy groups -OCH3 is 1. The number of carbonyl (C=O) groups excluding carboxylic acids is 2. The molecule has 0 saturated heterocycles. The van der Waals surface area contributed by atoms with Crippen LogP contribution in [0.15, 0.2) is 78.9 Å². The van der Waals surface area contributed by atoms with Crippen molar-refractivity contribution in [3.8, 4) is 11.5 Å². The van der Waals surface area contributed by atoms with Crippen LogP contribution in [0.1, 0.15) is 23.6 Å². The highest BCUT2D eigenvalue weighted by atomic mass is 16.5. The number of nitrogens with zero attached hydrogens (tertiary/aromatic N) is 1. The average Bonchev–Trinajstić information content (AvgIpc) is 2.86. The summed E-state index contributed by atoms with van der Waals surface area (Å²) < 4.78 is 11.1. The number of rotatable bonds is 11. The Morgan fingerprint density at radius 1 is 0.912 bits per heavy atom. The largest absolute Gasteiger partial charge is 0.497 e. The van der Waals surface area contributed by atoms with Gasteiger partial charge in [-0.05, 0) is 49.2 Å². The third kappa shape index (κ3) is 7.10. The number of aryl methyl sites for hydroxylation is 1. The molecule has 3 aromatic carbocycles. The van der Waals surface area contributed by atoms with E-state index in [1.165, 1.54) is 0 Å². The van der Waals surface area contributed by atoms with Crippen molar-refractivity contribution in [2.75, 3.05) is 20.3 Å². The van der Waals surface area contributed by atoms with Gasteiger partial charge in [0.2, 0.25) is 5.91 Å². The second-order valence-electron chi connectivity index (χ2n) is 8.07. The number of nitrogens with one attached hydrogen (secondary N) is 1. The van der Waals surface area contributed by atoms with E-state index in [0.29, 0.717) is 24.5 Å². The molecule has 0 aliphatic rings. The fraction of sp³-hybridized carbons (Fsp3) is 0.286. The van der Waals surface area contributed by atoms with Crippen molar-refractivity contribution >= 4 is 11.8 Å². The molecule has 3 aromatic rings. The van der Waals surface area contributed by atoms with Crippen LogP contribution in [-0.2, 0) is 22.6 Å². The van der Waals surface area contributed by atoms with E-state index in [1.807, 2.05) is 92.7 Å². The first-order valence-electron chi connectivity index (χ1n) is 11.4. The quantitative estimate of drug-likeness (QED) is 0.467. The second kappa shape index (κ2) is 12.4. The number of carbonyl (C=O) groups is 2. The summed E-state index contributed by atoms with van der Waals surface area (Å²) in [7, 11) is 1.60. The maximum Gasteiger partial charge on any atom is 0.261 e. The molecule has 178 valence electrons. The zero-order valence-electron chi connectivity index (χ0n) is 20.0. The monoisotopic (exact) mass is 460 g/mol. The molecule has 1 atom stereocenters. The van der Waals surface area contributed by atoms with E-state index < -0.39 is 6.04 Å². The van der Waals surface area contributed by atoms with Crippen LogP contribution in [0.5, 0.6) is 11.5 Å². The number of hydrogen-bond donors (Lipinski definition) is 1. The molecule has 0 aromatic heterocycles. The van der Waals surface area contributed by atoms with Crippen LogP contribution in [0.3, 0.4) is 0 Å². The molecule has 34 heavy (non-hydrogen) atoms. The van der Waals surface area contributed by atoms with Crippen LogP contribution >= 0.6 is 0 Å². The Bertz CT molecular complexity index is 1070. The molecule has 0 spiro atoms. The molecule has 0 aliphatic carbocycles. The molecule has 6 heteroatoms. The van der Waals surface area contributed by atoms with Crippen molar-refractivity contribution in [1.29, 1.82) is 0 Å². The summed E-state index contributed by atoms with van der Waals surface area (Å²) in [6, 6.07) is 24.1. The van der Waals surface area contributed by atoms with E-state index in [-0.39, 0.29) is 25.0 Å². The fourth-order valence-electron chi connectivity index (χ4n) is 3.68. The highest BCUT2D eigenvalue weighted by molar-refractivity contribution is 5.88. The van der Waals surface area contributed by atoms with Crippen LogP contribution in [0.2, 0.25) is 0 Å². The molecule has 0 bridgehead atoms. The lowest BCUT2D eigenvalue weighted by molar-refractivity contribution is -0.142. The summed E-state index contributed by atoms with van der Waals surface area (Å²) in [5, 5.41) is 2.89. The third-order valence-corrected chi connectivity index (χ3v) is 5.49. The zero-order chi connectivity index (χ0) is 24.3. The molecule has 0 heterocycles. The zero-order valence-corrected chi connectivity index (χ0v) is 20.0. The Kier molecular flexibility index (Phi) is 9.09. The van der Waals surface area contributed by atoms with Gasteiger partial charge in [-0.15, -0.1) is 0 Å². The molecule has 1 N–H and O–H groups in total. The minimum atomic E-state index is -0.692. The van der Waals surface area contributed by atoms with Crippen LogP contribution in [0, 0.1) is 6.92 Å². The van der Waals surface area contributed by atoms with Gasteiger partial charge in [0.25, 0.3) is 5.91 Å². The van der Waals surface area contributed by atoms with E-state index in [1.54, 1.807) is 12.0 Å². The Hall–Kier alpha value is -3.80. The van der Waals surface area contributed by atoms with Crippen molar-refractivity contribution in [2.45, 2.75) is 32.9 Å². The number of benzene rings is 3. The van der Waals surface area contributed by atoms with Gasteiger partial charge < -0.3 is 19.7 Å². The molecule has 0 aliphatic heterocycles. The highest BCUT2D eigenvalue weighted by Crippen LogP contribution is 2.19. The van der Waals surface area contributed by atoms with Gasteiger partial charge in [0.05, 0.1) is 7.11 Å². The number of likely N-dealkylation sites (N-methyl/N-ethyl adjacent to an activating group) is 1. The Morgan fingerprint density at radius 3 is 2.29 bits per heavy atom. The van der Waals surface area contributed by atoms with Gasteiger partial charge in [0.1, 0.15) is 17.5 Å². The molecule has 3 rings (SSSR count). The van der Waals surface area contributed by atoms with Gasteiger partial charge in [-0.1, -0.05) is 60.2 Å². The Labute approximate surface area is 201 Å². The van der Waals surface area contributed by atoms with E-state index in [4.69, 9.17) is 9.47 Å². The fourth-order valence-corrected chi connectivity index (χ4v) is 3.68. The first-order valence-corrected chi connectivity index (χ1v) is 11.4. The second-order valence-corrected chi connectivity index (χ2v) is 8.07. The molecule has 0 fully saturated rings. The minimum absolute atomic E-state index is 0.169. The lowest BCUT2D eigenvalue weighted by Gasteiger charge is -2.31. The topological polar surface area (TPSA) is 67.9 Å². The summed E-state index contributed by atoms with van der Waals surface area (Å²) in [4.78, 5) is 28.2. The predicted octanol–water partition coefficient (Wildman–Crippen LogP) is 4.16. The van der Waals surface area contributed by atoms with Gasteiger partial charge in [0.15, 0.2) is 6.61 Å². The first kappa shape index (κ1) is 24.8. The highest BCUT2D eigenvalue weighted by Gasteiger charge is 2.30. The Balaban J connectivity index is 1.89. The number of hydrogen-bond acceptors (Lipinski definition) is 4. The van der Waals surface area contributed by atoms with Gasteiger partial charge in [-0.3, -0.25) is 9.59 Å². The van der Waals surface area contributed by atoms with Gasteiger partial charge in [-0.25, -0.2) is 0 Å². The lowest BCUT2D eigenvalue weighted by atomic mass is 10.0. The maximum atomic E-state index is 13.5. The number of amides is 2. The van der Waals surface area contributed by atoms with Crippen LogP contribution in [0.4, 0.5) is 0 Å². The van der Waals surface area contributed by atoms with Crippen LogP contribution < -0.4 is 14.8 Å². The van der Waals surface area contributed by atoms with Gasteiger partial charge in [-0.2, -0.15) is 0 Å². The van der Waals surface area contributed by atoms with Crippen LogP contribution in [-0.4, -0.2) is 43.0 Å². The smallest absolute Gasteiger partial charge is 0.261 e. The van der Waals surface area contributed by atoms with E-state index in [9.17, 15) is 9.59 Å². The lowest BCUT2D eigenvalue weighted by Crippen LogP contribution is -2.51. The summed E-state index contributed by atoms with van der Waals surface area (Å²) in [6.07, 6.45) is 0.396. The van der Waals surface area contributed by atoms with E-state index in [2.05, 4.69) is 5.32 Å². The standard InChI is InChI=1S/C28H32N2O4/c1-4-29-28(32)26(18-22-9-6-5-7-10-22)30(19-23-11-8-12-25(17-23)33-3)27(31)20-34-24-15-13-21(2)14-16-24/h5-17,26H,4,18-20H2,1-3H3,(H,29,32)/t26-/m1/s1. The van der Waals surface area contributed by atoms with E-state index >= 15 is 0 Å². The number of ether oxygens (including phenoxy) is 2. The molecule has 6 nitrogen and oxygen atoms in total. The average molecular weight is 461 g/mol. The molecule has 0 radical (unpaired) electrons. The van der Waals surface area contributed by atoms with Crippen molar-refractivity contribution in [1.82, 2.24) is 10.2 Å². The SMILES string of the molecule is CCNC(=O)[C@@H](Cc1ccccc1)N(Cc1cccc(OC)c1)C(=O)COc1ccc(C)cc1. The van der Waals surface area contributed by atoms with Gasteiger partial charge >= 0.3 is 0 Å². The van der Waals surface area contributed by atoms with Crippen LogP contribution in [0.25, 0.3) is 0 Å². The summed E-state index contributed by atoms with van der Waals surface area (Å²) in [5.74, 6) is 0.838. The molecule has 0 unspecified atom stereocenters. The predicted molar refractivity (Wildman–Crippen MR) is 133 cm³/mol. The summed E-state index contributed by atoms with van der Waals surface area (Å²) in [6.45, 7) is 4.42. The van der Waals surface area contributed by atoms with Crippen molar-refractivity contribution in [3.05, 3.63) is 95.6 Å². The molecular formula is C28H32N2O4. The Morgan fingerprint density at radius 2 is 1.62 bits per heavy atom. The van der Waals surface area contributed by atoms with Crippen molar-refractivity contribution < 1.29 is 19.1 Å². The summed E-state index contributed by atoms with van der Waals surface area (Å²) >= 11 is 0. The van der Waals surface area contributed by atoms with Crippen molar-refractivity contribution in [2.24, 2.45) is 0 Å². The van der Waals surface area contributed by atoms with Gasteiger partial charge in [0, 0.05) is 19.5 Å².